The highest BCUT2D eigenvalue weighted by molar-refractivity contribution is 5.79. The van der Waals surface area contributed by atoms with E-state index in [0.717, 1.165) is 38.1 Å². The predicted octanol–water partition coefficient (Wildman–Crippen LogP) is 5.50. The number of alkyl halides is 6. The molecule has 2 N–H and O–H groups in total. The molecule has 4 nitrogen and oxygen atoms in total. The van der Waals surface area contributed by atoms with Gasteiger partial charge in [-0.2, -0.15) is 26.3 Å². The average Bonchev–Trinajstić information content (AvgIpc) is 2.82. The molecular formula is C26H31F6N3O. The van der Waals surface area contributed by atoms with Crippen LogP contribution in [0.25, 0.3) is 0 Å². The fraction of sp³-hybridized carbons (Fsp3) is 0.500. The van der Waals surface area contributed by atoms with Gasteiger partial charge in [-0.15, -0.1) is 0 Å². The van der Waals surface area contributed by atoms with E-state index in [1.807, 2.05) is 4.90 Å². The summed E-state index contributed by atoms with van der Waals surface area (Å²) < 4.78 is 75.3. The molecule has 0 bridgehead atoms. The smallest absolute Gasteiger partial charge is 0.328 e. The van der Waals surface area contributed by atoms with Gasteiger partial charge in [-0.25, -0.2) is 0 Å². The van der Waals surface area contributed by atoms with E-state index in [1.165, 1.54) is 24.3 Å². The first-order chi connectivity index (χ1) is 16.9. The second-order valence-electron chi connectivity index (χ2n) is 9.32. The number of carbonyl (C=O) groups is 1. The van der Waals surface area contributed by atoms with Crippen LogP contribution < -0.4 is 5.73 Å². The van der Waals surface area contributed by atoms with Gasteiger partial charge >= 0.3 is 12.4 Å². The monoisotopic (exact) mass is 515 g/mol. The Morgan fingerprint density at radius 3 is 1.56 bits per heavy atom. The maximum Gasteiger partial charge on any atom is 0.416 e. The van der Waals surface area contributed by atoms with Crippen molar-refractivity contribution >= 4 is 5.78 Å². The van der Waals surface area contributed by atoms with Crippen molar-refractivity contribution < 1.29 is 31.1 Å². The topological polar surface area (TPSA) is 49.6 Å². The Balaban J connectivity index is 0.000000201. The Labute approximate surface area is 207 Å². The van der Waals surface area contributed by atoms with Crippen LogP contribution >= 0.6 is 0 Å². The van der Waals surface area contributed by atoms with Gasteiger partial charge in [0.05, 0.1) is 11.1 Å². The molecule has 2 aromatic carbocycles. The van der Waals surface area contributed by atoms with Crippen molar-refractivity contribution in [3.05, 3.63) is 70.8 Å². The lowest BCUT2D eigenvalue weighted by Crippen LogP contribution is -2.39. The van der Waals surface area contributed by atoms with Gasteiger partial charge in [-0.1, -0.05) is 36.4 Å². The van der Waals surface area contributed by atoms with E-state index < -0.39 is 23.5 Å². The van der Waals surface area contributed by atoms with Crippen LogP contribution in [0.1, 0.15) is 47.9 Å². The Bertz CT molecular complexity index is 990. The fourth-order valence-corrected chi connectivity index (χ4v) is 4.28. The van der Waals surface area contributed by atoms with E-state index in [9.17, 15) is 31.1 Å². The Kier molecular flexibility index (Phi) is 9.54. The number of piperidine rings is 2. The molecule has 2 aliphatic rings. The van der Waals surface area contributed by atoms with Crippen LogP contribution in [0.4, 0.5) is 26.3 Å². The Hall–Kier alpha value is -2.43. The number of hydrogen-bond acceptors (Lipinski definition) is 4. The molecule has 0 amide bonds. The molecule has 4 rings (SSSR count). The van der Waals surface area contributed by atoms with E-state index >= 15 is 0 Å². The van der Waals surface area contributed by atoms with E-state index in [4.69, 9.17) is 5.73 Å². The van der Waals surface area contributed by atoms with Crippen molar-refractivity contribution in [2.45, 2.75) is 57.2 Å². The van der Waals surface area contributed by atoms with Crippen LogP contribution in [0.3, 0.4) is 0 Å². The summed E-state index contributed by atoms with van der Waals surface area (Å²) in [5, 5.41) is 0. The summed E-state index contributed by atoms with van der Waals surface area (Å²) in [6.07, 6.45) is -5.73. The minimum atomic E-state index is -4.30. The van der Waals surface area contributed by atoms with Gasteiger partial charge in [0.2, 0.25) is 0 Å². The molecular weight excluding hydrogens is 484 g/mol. The van der Waals surface area contributed by atoms with Crippen molar-refractivity contribution in [3.63, 3.8) is 0 Å². The molecule has 2 heterocycles. The number of nitrogens with zero attached hydrogens (tertiary/aromatic N) is 2. The first-order valence-corrected chi connectivity index (χ1v) is 11.9. The van der Waals surface area contributed by atoms with Crippen LogP contribution in [0.5, 0.6) is 0 Å². The highest BCUT2D eigenvalue weighted by atomic mass is 19.4. The molecule has 2 aromatic rings. The normalized spacial score (nSPS) is 18.6. The quantitative estimate of drug-likeness (QED) is 0.547. The third-order valence-corrected chi connectivity index (χ3v) is 6.37. The van der Waals surface area contributed by atoms with Crippen LogP contribution in [-0.4, -0.2) is 47.8 Å². The van der Waals surface area contributed by atoms with Gasteiger partial charge in [-0.05, 0) is 49.2 Å². The lowest BCUT2D eigenvalue weighted by atomic mass is 10.0. The van der Waals surface area contributed by atoms with Crippen molar-refractivity contribution in [1.82, 2.24) is 9.80 Å². The first kappa shape index (κ1) is 28.1. The zero-order valence-corrected chi connectivity index (χ0v) is 19.9. The SMILES string of the molecule is NC1CCN(Cc2cccc(C(F)(F)F)c2)CC1.O=C1CCN(Cc2cccc(C(F)(F)F)c2)CC1. The number of nitrogens with two attached hydrogens (primary N) is 1. The number of likely N-dealkylation sites (tertiary alicyclic amines) is 2. The summed E-state index contributed by atoms with van der Waals surface area (Å²) in [6.45, 7) is 4.02. The number of hydrogen-bond donors (Lipinski definition) is 1. The molecule has 0 saturated carbocycles. The molecule has 2 fully saturated rings. The Morgan fingerprint density at radius 2 is 1.14 bits per heavy atom. The molecule has 198 valence electrons. The predicted molar refractivity (Wildman–Crippen MR) is 125 cm³/mol. The van der Waals surface area contributed by atoms with Gasteiger partial charge in [0.25, 0.3) is 0 Å². The van der Waals surface area contributed by atoms with Gasteiger partial charge in [0.15, 0.2) is 0 Å². The zero-order chi connectivity index (χ0) is 26.3. The number of halogens is 6. The second kappa shape index (κ2) is 12.2. The standard InChI is InChI=1S/C13H17F3N2.C13H14F3NO/c14-13(15,16)11-3-1-2-10(8-11)9-18-6-4-12(17)5-7-18;14-13(15,16)11-3-1-2-10(8-11)9-17-6-4-12(18)5-7-17/h1-3,8,12H,4-7,9,17H2;1-3,8H,4-7,9H2. The second-order valence-corrected chi connectivity index (χ2v) is 9.32. The number of benzene rings is 2. The lowest BCUT2D eigenvalue weighted by molar-refractivity contribution is -0.138. The van der Waals surface area contributed by atoms with Gasteiger partial charge in [-0.3, -0.25) is 14.6 Å². The van der Waals surface area contributed by atoms with Crippen molar-refractivity contribution in [3.8, 4) is 0 Å². The van der Waals surface area contributed by atoms with Gasteiger partial charge < -0.3 is 5.73 Å². The molecule has 0 atom stereocenters. The number of Topliss-reactive ketones (excluding diaryl/α,β-unsaturated/α-hetero) is 1. The van der Waals surface area contributed by atoms with E-state index in [0.29, 0.717) is 50.1 Å². The highest BCUT2D eigenvalue weighted by Crippen LogP contribution is 2.31. The van der Waals surface area contributed by atoms with Crippen molar-refractivity contribution in [1.29, 1.82) is 0 Å². The molecule has 2 aliphatic heterocycles. The van der Waals surface area contributed by atoms with Crippen molar-refractivity contribution in [2.75, 3.05) is 26.2 Å². The third-order valence-electron chi connectivity index (χ3n) is 6.37. The summed E-state index contributed by atoms with van der Waals surface area (Å²) in [5.74, 6) is 0.232. The molecule has 0 aromatic heterocycles. The van der Waals surface area contributed by atoms with Crippen LogP contribution in [0, 0.1) is 0 Å². The van der Waals surface area contributed by atoms with E-state index in [1.54, 1.807) is 12.1 Å². The molecule has 10 heteroatoms. The molecule has 2 saturated heterocycles. The van der Waals surface area contributed by atoms with E-state index in [-0.39, 0.29) is 11.8 Å². The summed E-state index contributed by atoms with van der Waals surface area (Å²) >= 11 is 0. The summed E-state index contributed by atoms with van der Waals surface area (Å²) in [6, 6.07) is 11.1. The maximum absolute atomic E-state index is 12.6. The first-order valence-electron chi connectivity index (χ1n) is 11.9. The largest absolute Gasteiger partial charge is 0.416 e. The molecule has 0 spiro atoms. The number of ketones is 1. The molecule has 0 radical (unpaired) electrons. The van der Waals surface area contributed by atoms with Gasteiger partial charge in [0, 0.05) is 45.1 Å². The highest BCUT2D eigenvalue weighted by Gasteiger charge is 2.31. The minimum Gasteiger partial charge on any atom is -0.328 e. The molecule has 0 unspecified atom stereocenters. The number of rotatable bonds is 4. The maximum atomic E-state index is 12.6. The average molecular weight is 516 g/mol. The van der Waals surface area contributed by atoms with Crippen LogP contribution in [0.2, 0.25) is 0 Å². The number of carbonyl (C=O) groups excluding carboxylic acids is 1. The minimum absolute atomic E-state index is 0.232. The Morgan fingerprint density at radius 1 is 0.722 bits per heavy atom. The van der Waals surface area contributed by atoms with Gasteiger partial charge in [0.1, 0.15) is 5.78 Å². The van der Waals surface area contributed by atoms with Crippen LogP contribution in [0.15, 0.2) is 48.5 Å². The zero-order valence-electron chi connectivity index (χ0n) is 19.9. The molecule has 36 heavy (non-hydrogen) atoms. The fourth-order valence-electron chi connectivity index (χ4n) is 4.28. The van der Waals surface area contributed by atoms with Crippen molar-refractivity contribution in [2.24, 2.45) is 5.73 Å². The summed E-state index contributed by atoms with van der Waals surface area (Å²) in [4.78, 5) is 15.2. The third kappa shape index (κ3) is 8.90. The van der Waals surface area contributed by atoms with E-state index in [2.05, 4.69) is 4.90 Å². The van der Waals surface area contributed by atoms with Crippen LogP contribution in [-0.2, 0) is 30.2 Å². The summed E-state index contributed by atoms with van der Waals surface area (Å²) in [5.41, 5.74) is 5.95. The lowest BCUT2D eigenvalue weighted by Gasteiger charge is -2.30. The molecule has 0 aliphatic carbocycles. The summed E-state index contributed by atoms with van der Waals surface area (Å²) in [7, 11) is 0.